The Bertz CT molecular complexity index is 793. The molecule has 0 aliphatic carbocycles. The zero-order valence-electron chi connectivity index (χ0n) is 17.4. The first-order valence-electron chi connectivity index (χ1n) is 9.61. The minimum absolute atomic E-state index is 0.00154. The summed E-state index contributed by atoms with van der Waals surface area (Å²) in [7, 11) is -3.31. The van der Waals surface area contributed by atoms with Gasteiger partial charge in [-0.05, 0) is 17.4 Å². The minimum atomic E-state index is -5.08. The van der Waals surface area contributed by atoms with Gasteiger partial charge in [-0.15, -0.1) is 11.3 Å². The van der Waals surface area contributed by atoms with Crippen molar-refractivity contribution in [3.63, 3.8) is 0 Å². The number of rotatable bonds is 8. The number of hydrogen-bond acceptors (Lipinski definition) is 6. The highest BCUT2D eigenvalue weighted by Crippen LogP contribution is 2.13. The number of piperazine rings is 1. The molecule has 0 bridgehead atoms. The molecule has 1 aromatic heterocycles. The van der Waals surface area contributed by atoms with Gasteiger partial charge in [0.05, 0.1) is 12.2 Å². The molecule has 1 aromatic rings. The Morgan fingerprint density at radius 1 is 1.29 bits per heavy atom. The Balaban J connectivity index is 0.000000592. The molecular formula is C18H28F3N3O5S2. The second-order valence-electron chi connectivity index (χ2n) is 7.26. The largest absolute Gasteiger partial charge is 0.490 e. The highest BCUT2D eigenvalue weighted by molar-refractivity contribution is 7.89. The van der Waals surface area contributed by atoms with Gasteiger partial charge in [0, 0.05) is 44.1 Å². The quantitative estimate of drug-likeness (QED) is 0.578. The Labute approximate surface area is 184 Å². The van der Waals surface area contributed by atoms with Crippen LogP contribution in [-0.2, 0) is 26.0 Å². The summed E-state index contributed by atoms with van der Waals surface area (Å²) in [6, 6.07) is 3.86. The number of thiophene rings is 1. The van der Waals surface area contributed by atoms with Gasteiger partial charge in [-0.25, -0.2) is 13.2 Å². The van der Waals surface area contributed by atoms with E-state index in [2.05, 4.69) is 5.32 Å². The lowest BCUT2D eigenvalue weighted by Crippen LogP contribution is -2.48. The van der Waals surface area contributed by atoms with E-state index in [1.165, 1.54) is 4.31 Å². The van der Waals surface area contributed by atoms with Crippen LogP contribution in [0.25, 0.3) is 0 Å². The van der Waals surface area contributed by atoms with E-state index in [1.807, 2.05) is 31.4 Å². The molecule has 1 fully saturated rings. The van der Waals surface area contributed by atoms with Crippen molar-refractivity contribution in [2.45, 2.75) is 26.4 Å². The summed E-state index contributed by atoms with van der Waals surface area (Å²) in [4.78, 5) is 24.2. The zero-order valence-corrected chi connectivity index (χ0v) is 19.0. The van der Waals surface area contributed by atoms with Crippen molar-refractivity contribution in [3.05, 3.63) is 22.4 Å². The lowest BCUT2D eigenvalue weighted by Gasteiger charge is -2.29. The molecule has 0 atom stereocenters. The van der Waals surface area contributed by atoms with Gasteiger partial charge >= 0.3 is 12.1 Å². The molecule has 8 nitrogen and oxygen atoms in total. The number of hydrogen-bond donors (Lipinski definition) is 2. The van der Waals surface area contributed by atoms with Gasteiger partial charge in [0.2, 0.25) is 15.9 Å². The van der Waals surface area contributed by atoms with Crippen LogP contribution >= 0.6 is 11.3 Å². The van der Waals surface area contributed by atoms with Gasteiger partial charge in [0.1, 0.15) is 0 Å². The molecule has 1 aliphatic rings. The maximum atomic E-state index is 12.6. The van der Waals surface area contributed by atoms with Gasteiger partial charge in [0.25, 0.3) is 0 Å². The van der Waals surface area contributed by atoms with E-state index in [0.29, 0.717) is 45.1 Å². The van der Waals surface area contributed by atoms with Crippen molar-refractivity contribution in [1.82, 2.24) is 14.5 Å². The molecule has 31 heavy (non-hydrogen) atoms. The average molecular weight is 488 g/mol. The van der Waals surface area contributed by atoms with E-state index in [0.717, 1.165) is 4.88 Å². The number of carbonyl (C=O) groups is 2. The Morgan fingerprint density at radius 2 is 1.87 bits per heavy atom. The first-order chi connectivity index (χ1) is 14.3. The van der Waals surface area contributed by atoms with Crippen molar-refractivity contribution in [3.8, 4) is 0 Å². The van der Waals surface area contributed by atoms with Crippen LogP contribution in [0.3, 0.4) is 0 Å². The first kappa shape index (κ1) is 27.3. The molecular weight excluding hydrogens is 459 g/mol. The van der Waals surface area contributed by atoms with Gasteiger partial charge in [0.15, 0.2) is 0 Å². The predicted octanol–water partition coefficient (Wildman–Crippen LogP) is 1.64. The topological polar surface area (TPSA) is 107 Å². The van der Waals surface area contributed by atoms with E-state index in [-0.39, 0.29) is 18.2 Å². The molecule has 0 spiro atoms. The summed E-state index contributed by atoms with van der Waals surface area (Å²) < 4.78 is 58.2. The fraction of sp³-hybridized carbons (Fsp3) is 0.667. The molecule has 178 valence electrons. The number of amides is 1. The number of nitrogens with one attached hydrogen (secondary N) is 1. The van der Waals surface area contributed by atoms with E-state index in [4.69, 9.17) is 9.90 Å². The first-order valence-corrected chi connectivity index (χ1v) is 12.1. The zero-order chi connectivity index (χ0) is 23.7. The van der Waals surface area contributed by atoms with Crippen LogP contribution in [0.15, 0.2) is 17.5 Å². The highest BCUT2D eigenvalue weighted by Gasteiger charge is 2.38. The number of carboxylic acid groups (broad SMARTS) is 1. The number of alkyl halides is 3. The fourth-order valence-electron chi connectivity index (χ4n) is 2.71. The Kier molecular flexibility index (Phi) is 10.9. The number of aliphatic carboxylic acids is 1. The molecule has 0 aromatic carbocycles. The molecule has 13 heteroatoms. The van der Waals surface area contributed by atoms with Crippen molar-refractivity contribution in [2.24, 2.45) is 5.92 Å². The maximum absolute atomic E-state index is 12.6. The van der Waals surface area contributed by atoms with Crippen LogP contribution in [0.5, 0.6) is 0 Å². The third kappa shape index (κ3) is 10.4. The summed E-state index contributed by atoms with van der Waals surface area (Å²) >= 11 is 1.55. The lowest BCUT2D eigenvalue weighted by atomic mass is 10.2. The predicted molar refractivity (Wildman–Crippen MR) is 111 cm³/mol. The third-order valence-electron chi connectivity index (χ3n) is 4.17. The summed E-state index contributed by atoms with van der Waals surface area (Å²) in [5.41, 5.74) is 0. The van der Waals surface area contributed by atoms with Crippen LogP contribution in [0.2, 0.25) is 0 Å². The van der Waals surface area contributed by atoms with Crippen molar-refractivity contribution >= 4 is 33.2 Å². The van der Waals surface area contributed by atoms with Crippen LogP contribution in [0.4, 0.5) is 13.2 Å². The third-order valence-corrected chi connectivity index (χ3v) is 6.90. The second kappa shape index (κ2) is 12.4. The molecule has 1 saturated heterocycles. The van der Waals surface area contributed by atoms with E-state index in [1.54, 1.807) is 16.2 Å². The molecule has 1 amide bonds. The fourth-order valence-corrected chi connectivity index (χ4v) is 4.85. The van der Waals surface area contributed by atoms with Crippen LogP contribution in [0, 0.1) is 5.92 Å². The minimum Gasteiger partial charge on any atom is -0.475 e. The molecule has 0 unspecified atom stereocenters. The monoisotopic (exact) mass is 487 g/mol. The maximum Gasteiger partial charge on any atom is 0.490 e. The van der Waals surface area contributed by atoms with Crippen LogP contribution in [-0.4, -0.2) is 85.8 Å². The smallest absolute Gasteiger partial charge is 0.475 e. The normalized spacial score (nSPS) is 15.3. The van der Waals surface area contributed by atoms with Gasteiger partial charge in [-0.1, -0.05) is 19.9 Å². The lowest BCUT2D eigenvalue weighted by molar-refractivity contribution is -0.192. The number of carboxylic acids is 1. The second-order valence-corrected chi connectivity index (χ2v) is 10.4. The number of carbonyl (C=O) groups excluding carboxylic acids is 1. The number of nitrogens with zero attached hydrogens (tertiary/aromatic N) is 2. The molecule has 0 radical (unpaired) electrons. The summed E-state index contributed by atoms with van der Waals surface area (Å²) in [5.74, 6) is -2.45. The SMILES string of the molecule is CC(C)CN(CCS(=O)(=O)N1CCNCC1)C(=O)Cc1cccs1.O=C(O)C(F)(F)F. The number of sulfonamides is 1. The number of halogens is 3. The standard InChI is InChI=1S/C16H27N3O3S2.C2HF3O2/c1-14(2)13-18(16(20)12-15-4-3-10-23-15)9-11-24(21,22)19-7-5-17-6-8-19;3-2(4,5)1(6)7/h3-4,10,14,17H,5-9,11-13H2,1-2H3;(H,6,7). The molecule has 0 saturated carbocycles. The van der Waals surface area contributed by atoms with E-state index < -0.39 is 22.2 Å². The van der Waals surface area contributed by atoms with Gasteiger partial charge in [-0.3, -0.25) is 4.79 Å². The molecule has 2 heterocycles. The summed E-state index contributed by atoms with van der Waals surface area (Å²) in [6.45, 7) is 7.31. The average Bonchev–Trinajstić information content (AvgIpc) is 3.18. The molecule has 2 N–H and O–H groups in total. The summed E-state index contributed by atoms with van der Waals surface area (Å²) in [6.07, 6.45) is -4.74. The van der Waals surface area contributed by atoms with Crippen LogP contribution < -0.4 is 5.32 Å². The van der Waals surface area contributed by atoms with Crippen molar-refractivity contribution in [1.29, 1.82) is 0 Å². The Morgan fingerprint density at radius 3 is 2.32 bits per heavy atom. The Hall–Kier alpha value is -1.70. The molecule has 1 aliphatic heterocycles. The molecule has 2 rings (SSSR count). The van der Waals surface area contributed by atoms with Crippen LogP contribution in [0.1, 0.15) is 18.7 Å². The summed E-state index contributed by atoms with van der Waals surface area (Å²) in [5, 5.41) is 12.2. The van der Waals surface area contributed by atoms with E-state index in [9.17, 15) is 26.4 Å². The van der Waals surface area contributed by atoms with Gasteiger partial charge < -0.3 is 15.3 Å². The van der Waals surface area contributed by atoms with E-state index >= 15 is 0 Å². The highest BCUT2D eigenvalue weighted by atomic mass is 32.2. The van der Waals surface area contributed by atoms with Crippen molar-refractivity contribution < 1.29 is 36.3 Å². The van der Waals surface area contributed by atoms with Crippen molar-refractivity contribution in [2.75, 3.05) is 45.0 Å². The van der Waals surface area contributed by atoms with Gasteiger partial charge in [-0.2, -0.15) is 17.5 Å².